The molecule has 1 amide bonds. The van der Waals surface area contributed by atoms with Crippen LogP contribution in [-0.2, 0) is 9.59 Å². The molecule has 1 unspecified atom stereocenters. The smallest absolute Gasteiger partial charge is 0.325 e. The van der Waals surface area contributed by atoms with Crippen LogP contribution in [0.25, 0.3) is 0 Å². The minimum absolute atomic E-state index is 0.481. The summed E-state index contributed by atoms with van der Waals surface area (Å²) in [5, 5.41) is 10.6. The first-order valence-corrected chi connectivity index (χ1v) is 4.23. The number of rotatable bonds is 3. The van der Waals surface area contributed by atoms with Crippen LogP contribution < -0.4 is 5.32 Å². The lowest BCUT2D eigenvalue weighted by Gasteiger charge is -2.34. The van der Waals surface area contributed by atoms with Gasteiger partial charge in [-0.05, 0) is 6.92 Å². The van der Waals surface area contributed by atoms with Crippen LogP contribution in [0, 0.1) is 5.92 Å². The van der Waals surface area contributed by atoms with Gasteiger partial charge in [0.25, 0.3) is 0 Å². The highest BCUT2D eigenvalue weighted by molar-refractivity contribution is 5.85. The van der Waals surface area contributed by atoms with Gasteiger partial charge in [-0.25, -0.2) is 8.78 Å². The van der Waals surface area contributed by atoms with Gasteiger partial charge in [0.1, 0.15) is 6.04 Å². The van der Waals surface area contributed by atoms with Crippen LogP contribution in [0.15, 0.2) is 0 Å². The summed E-state index contributed by atoms with van der Waals surface area (Å²) in [6, 6.07) is -1.03. The molecule has 1 atom stereocenters. The molecule has 0 spiro atoms. The van der Waals surface area contributed by atoms with E-state index >= 15 is 0 Å². The van der Waals surface area contributed by atoms with Crippen molar-refractivity contribution >= 4 is 11.9 Å². The van der Waals surface area contributed by atoms with E-state index in [0.717, 1.165) is 0 Å². The number of halogens is 2. The molecule has 80 valence electrons. The highest BCUT2D eigenvalue weighted by Gasteiger charge is 2.48. The van der Waals surface area contributed by atoms with Crippen molar-refractivity contribution in [2.75, 3.05) is 0 Å². The van der Waals surface area contributed by atoms with E-state index in [-0.39, 0.29) is 0 Å². The molecular weight excluding hydrogens is 196 g/mol. The van der Waals surface area contributed by atoms with E-state index in [1.807, 2.05) is 0 Å². The van der Waals surface area contributed by atoms with E-state index in [4.69, 9.17) is 5.11 Å². The van der Waals surface area contributed by atoms with Gasteiger partial charge in [0.05, 0.1) is 0 Å². The van der Waals surface area contributed by atoms with Gasteiger partial charge in [0, 0.05) is 18.8 Å². The van der Waals surface area contributed by atoms with Gasteiger partial charge in [0.15, 0.2) is 0 Å². The molecule has 1 rings (SSSR count). The monoisotopic (exact) mass is 207 g/mol. The summed E-state index contributed by atoms with van der Waals surface area (Å²) in [6.07, 6.45) is -0.962. The summed E-state index contributed by atoms with van der Waals surface area (Å²) in [5.41, 5.74) is 0. The Labute approximate surface area is 79.3 Å². The van der Waals surface area contributed by atoms with Crippen LogP contribution in [0.2, 0.25) is 0 Å². The molecule has 0 saturated heterocycles. The number of aliphatic carboxylic acids is 1. The van der Waals surface area contributed by atoms with E-state index in [0.29, 0.717) is 0 Å². The van der Waals surface area contributed by atoms with Gasteiger partial charge in [-0.1, -0.05) is 0 Å². The molecule has 14 heavy (non-hydrogen) atoms. The summed E-state index contributed by atoms with van der Waals surface area (Å²) >= 11 is 0. The number of amides is 1. The number of carboxylic acids is 1. The average Bonchev–Trinajstić information content (AvgIpc) is 1.99. The van der Waals surface area contributed by atoms with Gasteiger partial charge in [-0.2, -0.15) is 0 Å². The van der Waals surface area contributed by atoms with Crippen molar-refractivity contribution in [3.8, 4) is 0 Å². The standard InChI is InChI=1S/C8H11F2NO3/c1-4(7(13)14)11-6(12)5-2-8(9,10)3-5/h4-5H,2-3H2,1H3,(H,11,12)(H,13,14). The SMILES string of the molecule is CC(NC(=O)C1CC(F)(F)C1)C(=O)O. The quantitative estimate of drug-likeness (QED) is 0.713. The molecule has 0 aromatic heterocycles. The highest BCUT2D eigenvalue weighted by Crippen LogP contribution is 2.42. The van der Waals surface area contributed by atoms with E-state index in [1.165, 1.54) is 6.92 Å². The molecule has 2 N–H and O–H groups in total. The first kappa shape index (κ1) is 10.9. The van der Waals surface area contributed by atoms with E-state index in [1.54, 1.807) is 0 Å². The summed E-state index contributed by atoms with van der Waals surface area (Å²) in [5.74, 6) is -5.28. The maximum atomic E-state index is 12.3. The van der Waals surface area contributed by atoms with Crippen molar-refractivity contribution in [3.05, 3.63) is 0 Å². The van der Waals surface area contributed by atoms with Gasteiger partial charge in [-0.15, -0.1) is 0 Å². The molecule has 4 nitrogen and oxygen atoms in total. The van der Waals surface area contributed by atoms with Crippen molar-refractivity contribution in [2.45, 2.75) is 31.7 Å². The zero-order valence-electron chi connectivity index (χ0n) is 7.59. The van der Waals surface area contributed by atoms with Crippen molar-refractivity contribution in [3.63, 3.8) is 0 Å². The number of hydrogen-bond acceptors (Lipinski definition) is 2. The van der Waals surface area contributed by atoms with Gasteiger partial charge in [-0.3, -0.25) is 9.59 Å². The molecule has 0 radical (unpaired) electrons. The molecule has 1 aliphatic carbocycles. The molecular formula is C8H11F2NO3. The minimum Gasteiger partial charge on any atom is -0.480 e. The lowest BCUT2D eigenvalue weighted by atomic mass is 9.80. The Morgan fingerprint density at radius 1 is 1.50 bits per heavy atom. The number of alkyl halides is 2. The largest absolute Gasteiger partial charge is 0.480 e. The molecule has 0 bridgehead atoms. The summed E-state index contributed by atoms with van der Waals surface area (Å²) < 4.78 is 24.7. The van der Waals surface area contributed by atoms with Crippen LogP contribution in [0.5, 0.6) is 0 Å². The normalized spacial score (nSPS) is 22.2. The lowest BCUT2D eigenvalue weighted by Crippen LogP contribution is -2.48. The molecule has 1 saturated carbocycles. The maximum absolute atomic E-state index is 12.3. The maximum Gasteiger partial charge on any atom is 0.325 e. The van der Waals surface area contributed by atoms with E-state index < -0.39 is 42.6 Å². The van der Waals surface area contributed by atoms with Gasteiger partial charge < -0.3 is 10.4 Å². The van der Waals surface area contributed by atoms with Crippen molar-refractivity contribution < 1.29 is 23.5 Å². The topological polar surface area (TPSA) is 66.4 Å². The highest BCUT2D eigenvalue weighted by atomic mass is 19.3. The van der Waals surface area contributed by atoms with Crippen molar-refractivity contribution in [2.24, 2.45) is 5.92 Å². The Hall–Kier alpha value is -1.20. The fraction of sp³-hybridized carbons (Fsp3) is 0.750. The summed E-state index contributed by atoms with van der Waals surface area (Å²) in [6.45, 7) is 1.29. The summed E-state index contributed by atoms with van der Waals surface area (Å²) in [7, 11) is 0. The molecule has 1 fully saturated rings. The zero-order valence-corrected chi connectivity index (χ0v) is 7.59. The second kappa shape index (κ2) is 3.51. The van der Waals surface area contributed by atoms with Crippen LogP contribution in [0.1, 0.15) is 19.8 Å². The van der Waals surface area contributed by atoms with E-state index in [9.17, 15) is 18.4 Å². The molecule has 0 aromatic rings. The Kier molecular flexibility index (Phi) is 2.73. The third-order valence-electron chi connectivity index (χ3n) is 2.19. The van der Waals surface area contributed by atoms with Crippen LogP contribution in [0.4, 0.5) is 8.78 Å². The van der Waals surface area contributed by atoms with Crippen LogP contribution in [-0.4, -0.2) is 28.9 Å². The van der Waals surface area contributed by atoms with Crippen molar-refractivity contribution in [1.82, 2.24) is 5.32 Å². The van der Waals surface area contributed by atoms with E-state index in [2.05, 4.69) is 5.32 Å². The molecule has 0 aliphatic heterocycles. The Morgan fingerprint density at radius 2 is 2.00 bits per heavy atom. The van der Waals surface area contributed by atoms with Gasteiger partial charge >= 0.3 is 5.97 Å². The third kappa shape index (κ3) is 2.40. The fourth-order valence-electron chi connectivity index (χ4n) is 1.24. The van der Waals surface area contributed by atoms with Crippen LogP contribution >= 0.6 is 0 Å². The molecule has 6 heteroatoms. The number of carbonyl (C=O) groups excluding carboxylic acids is 1. The van der Waals surface area contributed by atoms with Crippen LogP contribution in [0.3, 0.4) is 0 Å². The zero-order chi connectivity index (χ0) is 10.9. The Bertz CT molecular complexity index is 259. The molecule has 0 heterocycles. The Morgan fingerprint density at radius 3 is 2.36 bits per heavy atom. The second-order valence-electron chi connectivity index (χ2n) is 3.53. The minimum atomic E-state index is -2.76. The predicted octanol–water partition coefficient (Wildman–Crippen LogP) is 0.621. The Balaban J connectivity index is 2.34. The number of nitrogens with one attached hydrogen (secondary N) is 1. The van der Waals surface area contributed by atoms with Crippen molar-refractivity contribution in [1.29, 1.82) is 0 Å². The molecule has 1 aliphatic rings. The molecule has 0 aromatic carbocycles. The predicted molar refractivity (Wildman–Crippen MR) is 42.9 cm³/mol. The number of carbonyl (C=O) groups is 2. The summed E-state index contributed by atoms with van der Waals surface area (Å²) in [4.78, 5) is 21.4. The number of carboxylic acid groups (broad SMARTS) is 1. The second-order valence-corrected chi connectivity index (χ2v) is 3.53. The fourth-order valence-corrected chi connectivity index (χ4v) is 1.24. The van der Waals surface area contributed by atoms with Gasteiger partial charge in [0.2, 0.25) is 11.8 Å². The third-order valence-corrected chi connectivity index (χ3v) is 2.19. The lowest BCUT2D eigenvalue weighted by molar-refractivity contribution is -0.153. The number of hydrogen-bond donors (Lipinski definition) is 2. The first-order valence-electron chi connectivity index (χ1n) is 4.23. The average molecular weight is 207 g/mol. The first-order chi connectivity index (χ1) is 6.32.